The summed E-state index contributed by atoms with van der Waals surface area (Å²) in [7, 11) is 0. The first kappa shape index (κ1) is 13.3. The van der Waals surface area contributed by atoms with E-state index >= 15 is 0 Å². The van der Waals surface area contributed by atoms with Crippen molar-refractivity contribution < 1.29 is 0 Å². The van der Waals surface area contributed by atoms with Crippen LogP contribution in [0.25, 0.3) is 0 Å². The topological polar surface area (TPSA) is 12.0 Å². The van der Waals surface area contributed by atoms with Crippen LogP contribution in [0, 0.1) is 0 Å². The molecule has 0 spiro atoms. The lowest BCUT2D eigenvalue weighted by Gasteiger charge is -2.21. The maximum atomic E-state index is 5.92. The van der Waals surface area contributed by atoms with Crippen LogP contribution in [0.1, 0.15) is 37.8 Å². The normalized spacial score (nSPS) is 19.0. The minimum absolute atomic E-state index is 0.455. The fourth-order valence-corrected chi connectivity index (χ4v) is 2.96. The van der Waals surface area contributed by atoms with Gasteiger partial charge in [-0.3, -0.25) is 0 Å². The van der Waals surface area contributed by atoms with E-state index in [0.29, 0.717) is 10.8 Å². The van der Waals surface area contributed by atoms with Crippen LogP contribution in [0.5, 0.6) is 0 Å². The fraction of sp³-hybridized carbons (Fsp3) is 0.571. The Morgan fingerprint density at radius 1 is 1.35 bits per heavy atom. The van der Waals surface area contributed by atoms with Gasteiger partial charge in [0.2, 0.25) is 0 Å². The van der Waals surface area contributed by atoms with Gasteiger partial charge in [-0.15, -0.1) is 0 Å². The van der Waals surface area contributed by atoms with Gasteiger partial charge < -0.3 is 5.32 Å². The van der Waals surface area contributed by atoms with E-state index in [1.807, 2.05) is 23.9 Å². The largest absolute Gasteiger partial charge is 0.309 e. The molecule has 1 unspecified atom stereocenters. The molecule has 1 saturated carbocycles. The molecule has 1 fully saturated rings. The molecule has 1 aromatic carbocycles. The van der Waals surface area contributed by atoms with Gasteiger partial charge in [-0.25, -0.2) is 0 Å². The van der Waals surface area contributed by atoms with Gasteiger partial charge in [0.15, 0.2) is 0 Å². The molecular weight excluding hydrogens is 250 g/mol. The number of thioether (sulfide) groups is 1. The first-order valence-corrected chi connectivity index (χ1v) is 7.83. The standard InChI is InChI=1S/C14H20ClNS/c1-3-13(11-4-6-12(15)7-5-11)16-10-14(17-2)8-9-14/h4-7,13,16H,3,8-10H2,1-2H3. The zero-order chi connectivity index (χ0) is 12.3. The molecule has 17 heavy (non-hydrogen) atoms. The molecule has 2 rings (SSSR count). The average Bonchev–Trinajstić information content (AvgIpc) is 3.13. The summed E-state index contributed by atoms with van der Waals surface area (Å²) in [5.41, 5.74) is 1.34. The summed E-state index contributed by atoms with van der Waals surface area (Å²) in [5.74, 6) is 0. The molecule has 1 atom stereocenters. The highest BCUT2D eigenvalue weighted by Gasteiger charge is 2.41. The monoisotopic (exact) mass is 269 g/mol. The summed E-state index contributed by atoms with van der Waals surface area (Å²) >= 11 is 7.92. The number of hydrogen-bond acceptors (Lipinski definition) is 2. The van der Waals surface area contributed by atoms with Crippen molar-refractivity contribution in [3.8, 4) is 0 Å². The lowest BCUT2D eigenvalue weighted by Crippen LogP contribution is -2.29. The van der Waals surface area contributed by atoms with Crippen LogP contribution in [0.2, 0.25) is 5.02 Å². The predicted octanol–water partition coefficient (Wildman–Crippen LogP) is 4.28. The zero-order valence-electron chi connectivity index (χ0n) is 10.5. The Kier molecular flexibility index (Phi) is 4.40. The SMILES string of the molecule is CCC(NCC1(SC)CC1)c1ccc(Cl)cc1. The Morgan fingerprint density at radius 2 is 2.00 bits per heavy atom. The van der Waals surface area contributed by atoms with Crippen molar-refractivity contribution in [1.82, 2.24) is 5.32 Å². The maximum Gasteiger partial charge on any atom is 0.0406 e. The van der Waals surface area contributed by atoms with Gasteiger partial charge in [-0.1, -0.05) is 30.7 Å². The molecule has 1 nitrogen and oxygen atoms in total. The molecule has 0 aliphatic heterocycles. The third kappa shape index (κ3) is 3.40. The highest BCUT2D eigenvalue weighted by atomic mass is 35.5. The molecule has 3 heteroatoms. The third-order valence-corrected chi connectivity index (χ3v) is 5.26. The van der Waals surface area contributed by atoms with Crippen LogP contribution in [-0.4, -0.2) is 17.5 Å². The van der Waals surface area contributed by atoms with E-state index in [-0.39, 0.29) is 0 Å². The van der Waals surface area contributed by atoms with Crippen molar-refractivity contribution in [2.45, 2.75) is 37.0 Å². The molecule has 1 N–H and O–H groups in total. The molecule has 1 aliphatic rings. The van der Waals surface area contributed by atoms with Crippen LogP contribution in [0.15, 0.2) is 24.3 Å². The quantitative estimate of drug-likeness (QED) is 0.827. The summed E-state index contributed by atoms with van der Waals surface area (Å²) in [6.07, 6.45) is 6.06. The molecule has 0 radical (unpaired) electrons. The second kappa shape index (κ2) is 5.64. The van der Waals surface area contributed by atoms with E-state index in [2.05, 4.69) is 30.6 Å². The van der Waals surface area contributed by atoms with E-state index in [1.54, 1.807) is 0 Å². The second-order valence-corrected chi connectivity index (χ2v) is 6.49. The Balaban J connectivity index is 1.94. The molecule has 0 bridgehead atoms. The van der Waals surface area contributed by atoms with Crippen molar-refractivity contribution in [3.63, 3.8) is 0 Å². The summed E-state index contributed by atoms with van der Waals surface area (Å²) < 4.78 is 0.528. The molecular formula is C14H20ClNS. The first-order chi connectivity index (χ1) is 8.19. The van der Waals surface area contributed by atoms with Gasteiger partial charge in [0, 0.05) is 22.4 Å². The lowest BCUT2D eigenvalue weighted by molar-refractivity contribution is 0.513. The number of nitrogens with one attached hydrogen (secondary N) is 1. The van der Waals surface area contributed by atoms with E-state index in [9.17, 15) is 0 Å². The van der Waals surface area contributed by atoms with Crippen molar-refractivity contribution in [1.29, 1.82) is 0 Å². The van der Waals surface area contributed by atoms with Gasteiger partial charge >= 0.3 is 0 Å². The van der Waals surface area contributed by atoms with Crippen LogP contribution in [0.4, 0.5) is 0 Å². The minimum Gasteiger partial charge on any atom is -0.309 e. The number of hydrogen-bond donors (Lipinski definition) is 1. The van der Waals surface area contributed by atoms with Crippen LogP contribution in [0.3, 0.4) is 0 Å². The van der Waals surface area contributed by atoms with Gasteiger partial charge in [0.25, 0.3) is 0 Å². The second-order valence-electron chi connectivity index (χ2n) is 4.78. The van der Waals surface area contributed by atoms with Crippen LogP contribution >= 0.6 is 23.4 Å². The van der Waals surface area contributed by atoms with E-state index in [4.69, 9.17) is 11.6 Å². The highest BCUT2D eigenvalue weighted by molar-refractivity contribution is 8.00. The van der Waals surface area contributed by atoms with Crippen LogP contribution < -0.4 is 5.32 Å². The Labute approximate surface area is 113 Å². The van der Waals surface area contributed by atoms with Gasteiger partial charge in [0.1, 0.15) is 0 Å². The Hall–Kier alpha value is -0.180. The maximum absolute atomic E-state index is 5.92. The van der Waals surface area contributed by atoms with Crippen LogP contribution in [-0.2, 0) is 0 Å². The van der Waals surface area contributed by atoms with Gasteiger partial charge in [-0.2, -0.15) is 11.8 Å². The van der Waals surface area contributed by atoms with Crippen molar-refractivity contribution in [2.24, 2.45) is 0 Å². The van der Waals surface area contributed by atoms with Gasteiger partial charge in [0.05, 0.1) is 0 Å². The lowest BCUT2D eigenvalue weighted by atomic mass is 10.0. The molecule has 1 aromatic rings. The number of benzene rings is 1. The molecule has 94 valence electrons. The minimum atomic E-state index is 0.455. The van der Waals surface area contributed by atoms with Gasteiger partial charge in [-0.05, 0) is 43.2 Å². The van der Waals surface area contributed by atoms with E-state index < -0.39 is 0 Å². The summed E-state index contributed by atoms with van der Waals surface area (Å²) in [4.78, 5) is 0. The van der Waals surface area contributed by atoms with Crippen molar-refractivity contribution in [3.05, 3.63) is 34.9 Å². The zero-order valence-corrected chi connectivity index (χ0v) is 12.1. The predicted molar refractivity (Wildman–Crippen MR) is 78.0 cm³/mol. The van der Waals surface area contributed by atoms with E-state index in [0.717, 1.165) is 18.0 Å². The third-order valence-electron chi connectivity index (χ3n) is 3.59. The van der Waals surface area contributed by atoms with Crippen molar-refractivity contribution >= 4 is 23.4 Å². The number of halogens is 1. The fourth-order valence-electron chi connectivity index (χ4n) is 2.09. The first-order valence-electron chi connectivity index (χ1n) is 6.23. The highest BCUT2D eigenvalue weighted by Crippen LogP contribution is 2.46. The molecule has 0 amide bonds. The summed E-state index contributed by atoms with van der Waals surface area (Å²) in [5, 5.41) is 4.51. The summed E-state index contributed by atoms with van der Waals surface area (Å²) in [6.45, 7) is 3.35. The van der Waals surface area contributed by atoms with Crippen molar-refractivity contribution in [2.75, 3.05) is 12.8 Å². The average molecular weight is 270 g/mol. The molecule has 0 aromatic heterocycles. The smallest absolute Gasteiger partial charge is 0.0406 e. The molecule has 1 aliphatic carbocycles. The molecule has 0 heterocycles. The Morgan fingerprint density at radius 3 is 2.47 bits per heavy atom. The van der Waals surface area contributed by atoms with E-state index in [1.165, 1.54) is 18.4 Å². The molecule has 0 saturated heterocycles. The summed E-state index contributed by atoms with van der Waals surface area (Å²) in [6, 6.07) is 8.66. The number of rotatable bonds is 6. The Bertz CT molecular complexity index is 359.